The van der Waals surface area contributed by atoms with Crippen molar-refractivity contribution in [2.75, 3.05) is 13.7 Å². The summed E-state index contributed by atoms with van der Waals surface area (Å²) in [6, 6.07) is 4.45. The number of rotatable bonds is 9. The van der Waals surface area contributed by atoms with Crippen LogP contribution < -0.4 is 10.1 Å². The zero-order chi connectivity index (χ0) is 19.0. The maximum Gasteiger partial charge on any atom is 0.256 e. The van der Waals surface area contributed by atoms with Crippen LogP contribution in [0.3, 0.4) is 0 Å². The predicted molar refractivity (Wildman–Crippen MR) is 97.8 cm³/mol. The highest BCUT2D eigenvalue weighted by atomic mass is 35.5. The lowest BCUT2D eigenvalue weighted by atomic mass is 10.1. The first-order chi connectivity index (χ1) is 11.8. The van der Waals surface area contributed by atoms with Crippen molar-refractivity contribution in [3.63, 3.8) is 0 Å². The van der Waals surface area contributed by atoms with E-state index in [1.165, 1.54) is 25.3 Å². The molecule has 0 saturated heterocycles. The standard InChI is InChI=1S/C19H23ClFNO3/c1-6-16(25-11-12(2)3)18(13(4)20)19(23)22-10-14-7-8-17(24-5)15(21)9-14/h6-9,12H,1,4,10-11H2,2-3,5H3,(H,22,23)/b18-16-. The fourth-order valence-corrected chi connectivity index (χ4v) is 2.13. The summed E-state index contributed by atoms with van der Waals surface area (Å²) in [5.41, 5.74) is 0.681. The van der Waals surface area contributed by atoms with E-state index in [2.05, 4.69) is 18.5 Å². The van der Waals surface area contributed by atoms with Crippen molar-refractivity contribution in [2.45, 2.75) is 20.4 Å². The second-order valence-electron chi connectivity index (χ2n) is 5.70. The molecule has 0 bridgehead atoms. The van der Waals surface area contributed by atoms with E-state index >= 15 is 0 Å². The molecule has 0 unspecified atom stereocenters. The number of carbonyl (C=O) groups excluding carboxylic acids is 1. The molecule has 1 aromatic carbocycles. The summed E-state index contributed by atoms with van der Waals surface area (Å²) in [6.07, 6.45) is 1.41. The molecule has 0 fully saturated rings. The molecular weight excluding hydrogens is 345 g/mol. The van der Waals surface area contributed by atoms with E-state index in [0.29, 0.717) is 12.2 Å². The first-order valence-corrected chi connectivity index (χ1v) is 8.12. The zero-order valence-corrected chi connectivity index (χ0v) is 15.5. The third kappa shape index (κ3) is 6.27. The van der Waals surface area contributed by atoms with Gasteiger partial charge in [-0.25, -0.2) is 4.39 Å². The normalized spacial score (nSPS) is 11.6. The van der Waals surface area contributed by atoms with Crippen molar-refractivity contribution in [1.82, 2.24) is 5.32 Å². The van der Waals surface area contributed by atoms with Crippen molar-refractivity contribution in [1.29, 1.82) is 0 Å². The maximum atomic E-state index is 13.7. The molecule has 1 amide bonds. The molecule has 0 aliphatic rings. The molecule has 0 atom stereocenters. The summed E-state index contributed by atoms with van der Waals surface area (Å²) < 4.78 is 24.1. The monoisotopic (exact) mass is 367 g/mol. The Bertz CT molecular complexity index is 683. The van der Waals surface area contributed by atoms with Crippen LogP contribution in [0.1, 0.15) is 19.4 Å². The average Bonchev–Trinajstić information content (AvgIpc) is 2.55. The number of benzene rings is 1. The van der Waals surface area contributed by atoms with Crippen LogP contribution in [0.15, 0.2) is 53.8 Å². The molecule has 0 aromatic heterocycles. The Labute approximate surface area is 153 Å². The lowest BCUT2D eigenvalue weighted by Gasteiger charge is -2.15. The molecule has 1 N–H and O–H groups in total. The number of ether oxygens (including phenoxy) is 2. The summed E-state index contributed by atoms with van der Waals surface area (Å²) >= 11 is 5.96. The molecule has 4 nitrogen and oxygen atoms in total. The van der Waals surface area contributed by atoms with Gasteiger partial charge in [0.05, 0.1) is 19.3 Å². The summed E-state index contributed by atoms with van der Waals surface area (Å²) in [7, 11) is 1.39. The largest absolute Gasteiger partial charge is 0.494 e. The Morgan fingerprint density at radius 3 is 2.60 bits per heavy atom. The van der Waals surface area contributed by atoms with Gasteiger partial charge in [0.2, 0.25) is 0 Å². The number of hydrogen-bond donors (Lipinski definition) is 1. The van der Waals surface area contributed by atoms with Gasteiger partial charge < -0.3 is 14.8 Å². The topological polar surface area (TPSA) is 47.6 Å². The van der Waals surface area contributed by atoms with Crippen molar-refractivity contribution in [2.24, 2.45) is 5.92 Å². The van der Waals surface area contributed by atoms with E-state index in [-0.39, 0.29) is 34.6 Å². The van der Waals surface area contributed by atoms with E-state index in [0.717, 1.165) is 0 Å². The highest BCUT2D eigenvalue weighted by molar-refractivity contribution is 6.35. The minimum atomic E-state index is -0.501. The van der Waals surface area contributed by atoms with E-state index in [1.807, 2.05) is 13.8 Å². The second kappa shape index (κ2) is 9.89. The highest BCUT2D eigenvalue weighted by Crippen LogP contribution is 2.21. The highest BCUT2D eigenvalue weighted by Gasteiger charge is 2.18. The molecule has 0 saturated carbocycles. The van der Waals surface area contributed by atoms with Gasteiger partial charge in [-0.1, -0.05) is 44.7 Å². The van der Waals surface area contributed by atoms with Crippen LogP contribution >= 0.6 is 11.6 Å². The van der Waals surface area contributed by atoms with Gasteiger partial charge in [0.1, 0.15) is 5.76 Å². The van der Waals surface area contributed by atoms with Crippen molar-refractivity contribution < 1.29 is 18.7 Å². The van der Waals surface area contributed by atoms with Crippen LogP contribution in [-0.2, 0) is 16.1 Å². The lowest BCUT2D eigenvalue weighted by Crippen LogP contribution is -2.26. The predicted octanol–water partition coefficient (Wildman–Crippen LogP) is 4.32. The Hall–Kier alpha value is -2.27. The Kier molecular flexibility index (Phi) is 8.22. The fourth-order valence-electron chi connectivity index (χ4n) is 1.95. The number of halogens is 2. The summed E-state index contributed by atoms with van der Waals surface area (Å²) in [4.78, 5) is 12.5. The van der Waals surface area contributed by atoms with Gasteiger partial charge in [0, 0.05) is 11.6 Å². The van der Waals surface area contributed by atoms with Gasteiger partial charge in [-0.05, 0) is 29.7 Å². The van der Waals surface area contributed by atoms with Crippen molar-refractivity contribution in [3.05, 3.63) is 65.2 Å². The van der Waals surface area contributed by atoms with Gasteiger partial charge in [-0.15, -0.1) is 0 Å². The quantitative estimate of drug-likeness (QED) is 0.402. The van der Waals surface area contributed by atoms with Crippen molar-refractivity contribution >= 4 is 17.5 Å². The molecule has 0 aliphatic carbocycles. The number of allylic oxidation sites excluding steroid dienone is 1. The molecular formula is C19H23ClFNO3. The van der Waals surface area contributed by atoms with Crippen LogP contribution in [0.4, 0.5) is 4.39 Å². The Morgan fingerprint density at radius 2 is 2.12 bits per heavy atom. The van der Waals surface area contributed by atoms with Gasteiger partial charge in [-0.3, -0.25) is 4.79 Å². The molecule has 0 heterocycles. The maximum absolute atomic E-state index is 13.7. The SMILES string of the molecule is C=C/C(OCC(C)C)=C(\C(=C)Cl)C(=O)NCc1ccc(OC)c(F)c1. The molecule has 0 aliphatic heterocycles. The van der Waals surface area contributed by atoms with Crippen molar-refractivity contribution in [3.8, 4) is 5.75 Å². The average molecular weight is 368 g/mol. The molecule has 1 aromatic rings. The third-order valence-electron chi connectivity index (χ3n) is 3.17. The number of amides is 1. The molecule has 0 spiro atoms. The molecule has 0 radical (unpaired) electrons. The van der Waals surface area contributed by atoms with Crippen LogP contribution in [0.25, 0.3) is 0 Å². The van der Waals surface area contributed by atoms with E-state index < -0.39 is 11.7 Å². The smallest absolute Gasteiger partial charge is 0.256 e. The lowest BCUT2D eigenvalue weighted by molar-refractivity contribution is -0.117. The number of hydrogen-bond acceptors (Lipinski definition) is 3. The van der Waals surface area contributed by atoms with Crippen LogP contribution in [0.5, 0.6) is 5.75 Å². The number of methoxy groups -OCH3 is 1. The Balaban J connectivity index is 2.91. The van der Waals surface area contributed by atoms with Gasteiger partial charge in [0.25, 0.3) is 5.91 Å². The summed E-state index contributed by atoms with van der Waals surface area (Å²) in [5, 5.41) is 2.71. The molecule has 25 heavy (non-hydrogen) atoms. The molecule has 1 rings (SSSR count). The van der Waals surface area contributed by atoms with Crippen LogP contribution in [0.2, 0.25) is 0 Å². The van der Waals surface area contributed by atoms with Crippen LogP contribution in [-0.4, -0.2) is 19.6 Å². The second-order valence-corrected chi connectivity index (χ2v) is 6.16. The van der Waals surface area contributed by atoms with Gasteiger partial charge >= 0.3 is 0 Å². The van der Waals surface area contributed by atoms with Gasteiger partial charge in [0.15, 0.2) is 11.6 Å². The van der Waals surface area contributed by atoms with E-state index in [4.69, 9.17) is 21.1 Å². The molecule has 6 heteroatoms. The van der Waals surface area contributed by atoms with Crippen LogP contribution in [0, 0.1) is 11.7 Å². The third-order valence-corrected chi connectivity index (χ3v) is 3.36. The number of nitrogens with one attached hydrogen (secondary N) is 1. The Morgan fingerprint density at radius 1 is 1.44 bits per heavy atom. The van der Waals surface area contributed by atoms with E-state index in [1.54, 1.807) is 6.07 Å². The fraction of sp³-hybridized carbons (Fsp3) is 0.316. The molecule has 136 valence electrons. The van der Waals surface area contributed by atoms with E-state index in [9.17, 15) is 9.18 Å². The minimum absolute atomic E-state index is 0.0390. The summed E-state index contributed by atoms with van der Waals surface area (Å²) in [6.45, 7) is 11.7. The summed E-state index contributed by atoms with van der Waals surface area (Å²) in [5.74, 6) is -0.313. The zero-order valence-electron chi connectivity index (χ0n) is 14.7. The van der Waals surface area contributed by atoms with Gasteiger partial charge in [-0.2, -0.15) is 0 Å². The first-order valence-electron chi connectivity index (χ1n) is 7.75. The number of carbonyl (C=O) groups is 1. The minimum Gasteiger partial charge on any atom is -0.494 e. The first kappa shape index (κ1) is 20.8.